The van der Waals surface area contributed by atoms with E-state index in [0.717, 1.165) is 17.3 Å². The van der Waals surface area contributed by atoms with Gasteiger partial charge in [-0.3, -0.25) is 4.79 Å². The highest BCUT2D eigenvalue weighted by Crippen LogP contribution is 2.19. The van der Waals surface area contributed by atoms with Crippen LogP contribution in [0.25, 0.3) is 10.9 Å². The van der Waals surface area contributed by atoms with E-state index >= 15 is 0 Å². The van der Waals surface area contributed by atoms with Crippen molar-refractivity contribution >= 4 is 22.7 Å². The van der Waals surface area contributed by atoms with E-state index in [2.05, 4.69) is 4.98 Å². The zero-order valence-corrected chi connectivity index (χ0v) is 11.6. The molecular weight excluding hydrogens is 254 g/mol. The fourth-order valence-electron chi connectivity index (χ4n) is 1.98. The highest BCUT2D eigenvalue weighted by molar-refractivity contribution is 6.10. The number of nitrogens with one attached hydrogen (secondary N) is 1. The standard InChI is InChI=1S/C16H17NO3/c1-3-4-9-15(18)20-11(2)16(19)13-10-17-14-8-6-5-7-12(13)14/h4-11,17H,3H2,1-2H3/b9-4+/t11-/m0/s1. The monoisotopic (exact) mass is 271 g/mol. The Labute approximate surface area is 117 Å². The molecule has 0 aliphatic rings. The summed E-state index contributed by atoms with van der Waals surface area (Å²) in [4.78, 5) is 26.8. The Morgan fingerprint density at radius 2 is 2.10 bits per heavy atom. The van der Waals surface area contributed by atoms with Crippen molar-refractivity contribution in [2.24, 2.45) is 0 Å². The average molecular weight is 271 g/mol. The second kappa shape index (κ2) is 6.19. The first kappa shape index (κ1) is 14.1. The lowest BCUT2D eigenvalue weighted by atomic mass is 10.1. The van der Waals surface area contributed by atoms with Gasteiger partial charge in [0.1, 0.15) is 0 Å². The van der Waals surface area contributed by atoms with Crippen molar-refractivity contribution in [2.75, 3.05) is 0 Å². The molecule has 0 saturated heterocycles. The number of aromatic nitrogens is 1. The van der Waals surface area contributed by atoms with E-state index in [4.69, 9.17) is 4.74 Å². The number of carbonyl (C=O) groups is 2. The summed E-state index contributed by atoms with van der Waals surface area (Å²) in [6, 6.07) is 7.52. The molecule has 2 rings (SSSR count). The largest absolute Gasteiger partial charge is 0.451 e. The van der Waals surface area contributed by atoms with Crippen LogP contribution in [0.2, 0.25) is 0 Å². The quantitative estimate of drug-likeness (QED) is 0.516. The number of benzene rings is 1. The fourth-order valence-corrected chi connectivity index (χ4v) is 1.98. The molecule has 4 nitrogen and oxygen atoms in total. The summed E-state index contributed by atoms with van der Waals surface area (Å²) in [6.45, 7) is 3.51. The number of H-pyrrole nitrogens is 1. The Kier molecular flexibility index (Phi) is 4.35. The maximum Gasteiger partial charge on any atom is 0.331 e. The molecule has 0 aliphatic carbocycles. The lowest BCUT2D eigenvalue weighted by molar-refractivity contribution is -0.140. The number of hydrogen-bond acceptors (Lipinski definition) is 3. The number of aromatic amines is 1. The Bertz CT molecular complexity index is 655. The van der Waals surface area contributed by atoms with Crippen LogP contribution in [0.1, 0.15) is 30.6 Å². The van der Waals surface area contributed by atoms with Crippen LogP contribution in [0.15, 0.2) is 42.6 Å². The van der Waals surface area contributed by atoms with Crippen LogP contribution in [0.3, 0.4) is 0 Å². The van der Waals surface area contributed by atoms with Gasteiger partial charge in [0, 0.05) is 28.7 Å². The highest BCUT2D eigenvalue weighted by atomic mass is 16.5. The van der Waals surface area contributed by atoms with Crippen molar-refractivity contribution in [1.82, 2.24) is 4.98 Å². The van der Waals surface area contributed by atoms with E-state index in [1.165, 1.54) is 6.08 Å². The van der Waals surface area contributed by atoms with Crippen molar-refractivity contribution in [3.63, 3.8) is 0 Å². The summed E-state index contributed by atoms with van der Waals surface area (Å²) in [7, 11) is 0. The number of Topliss-reactive ketones (excluding diaryl/α,β-unsaturated/α-hetero) is 1. The number of para-hydroxylation sites is 1. The Balaban J connectivity index is 2.14. The SMILES string of the molecule is CC/C=C/C(=O)O[C@@H](C)C(=O)c1c[nH]c2ccccc12. The minimum Gasteiger partial charge on any atom is -0.451 e. The van der Waals surface area contributed by atoms with Crippen molar-refractivity contribution in [2.45, 2.75) is 26.4 Å². The molecule has 1 aromatic carbocycles. The van der Waals surface area contributed by atoms with Crippen molar-refractivity contribution in [3.05, 3.63) is 48.2 Å². The number of ketones is 1. The molecule has 1 aromatic heterocycles. The van der Waals surface area contributed by atoms with E-state index in [1.807, 2.05) is 31.2 Å². The predicted molar refractivity (Wildman–Crippen MR) is 77.6 cm³/mol. The molecule has 0 bridgehead atoms. The molecule has 0 amide bonds. The molecule has 0 aliphatic heterocycles. The topological polar surface area (TPSA) is 59.2 Å². The predicted octanol–water partition coefficient (Wildman–Crippen LogP) is 3.25. The number of rotatable bonds is 5. The molecule has 1 heterocycles. The highest BCUT2D eigenvalue weighted by Gasteiger charge is 2.21. The Morgan fingerprint density at radius 1 is 1.35 bits per heavy atom. The van der Waals surface area contributed by atoms with E-state index in [9.17, 15) is 9.59 Å². The smallest absolute Gasteiger partial charge is 0.331 e. The minimum atomic E-state index is -0.803. The molecule has 1 atom stereocenters. The third kappa shape index (κ3) is 2.96. The van der Waals surface area contributed by atoms with Gasteiger partial charge in [-0.15, -0.1) is 0 Å². The van der Waals surface area contributed by atoms with E-state index in [-0.39, 0.29) is 5.78 Å². The lowest BCUT2D eigenvalue weighted by Gasteiger charge is -2.10. The van der Waals surface area contributed by atoms with Gasteiger partial charge in [-0.2, -0.15) is 0 Å². The molecule has 20 heavy (non-hydrogen) atoms. The van der Waals surface area contributed by atoms with Crippen LogP contribution < -0.4 is 0 Å². The zero-order valence-electron chi connectivity index (χ0n) is 11.6. The second-order valence-electron chi connectivity index (χ2n) is 4.50. The van der Waals surface area contributed by atoms with Crippen LogP contribution in [-0.2, 0) is 9.53 Å². The Morgan fingerprint density at radius 3 is 2.85 bits per heavy atom. The first-order valence-corrected chi connectivity index (χ1v) is 6.61. The molecule has 2 aromatic rings. The molecule has 0 spiro atoms. The van der Waals surface area contributed by atoms with Gasteiger partial charge in [0.15, 0.2) is 6.10 Å². The van der Waals surface area contributed by atoms with Gasteiger partial charge in [0.2, 0.25) is 5.78 Å². The summed E-state index contributed by atoms with van der Waals surface area (Å²) in [5, 5.41) is 0.837. The molecule has 104 valence electrons. The Hall–Kier alpha value is -2.36. The molecule has 0 unspecified atom stereocenters. The zero-order chi connectivity index (χ0) is 14.5. The maximum atomic E-state index is 12.3. The minimum absolute atomic E-state index is 0.208. The van der Waals surface area contributed by atoms with E-state index < -0.39 is 12.1 Å². The maximum absolute atomic E-state index is 12.3. The number of esters is 1. The van der Waals surface area contributed by atoms with Crippen molar-refractivity contribution in [3.8, 4) is 0 Å². The molecule has 4 heteroatoms. The van der Waals surface area contributed by atoms with E-state index in [1.54, 1.807) is 19.2 Å². The lowest BCUT2D eigenvalue weighted by Crippen LogP contribution is -2.23. The van der Waals surface area contributed by atoms with Gasteiger partial charge in [0.25, 0.3) is 0 Å². The number of carbonyl (C=O) groups excluding carboxylic acids is 2. The van der Waals surface area contributed by atoms with Crippen LogP contribution in [0.5, 0.6) is 0 Å². The molecule has 0 radical (unpaired) electrons. The first-order valence-electron chi connectivity index (χ1n) is 6.61. The summed E-state index contributed by atoms with van der Waals surface area (Å²) in [5.74, 6) is -0.701. The molecule has 0 fully saturated rings. The van der Waals surface area contributed by atoms with Crippen LogP contribution >= 0.6 is 0 Å². The van der Waals surface area contributed by atoms with Gasteiger partial charge >= 0.3 is 5.97 Å². The third-order valence-electron chi connectivity index (χ3n) is 3.01. The molecular formula is C16H17NO3. The number of ether oxygens (including phenoxy) is 1. The van der Waals surface area contributed by atoms with E-state index in [0.29, 0.717) is 5.56 Å². The van der Waals surface area contributed by atoms with Gasteiger partial charge in [0.05, 0.1) is 0 Å². The van der Waals surface area contributed by atoms with Crippen molar-refractivity contribution in [1.29, 1.82) is 0 Å². The summed E-state index contributed by atoms with van der Waals surface area (Å²) in [6.07, 6.45) is 4.65. The summed E-state index contributed by atoms with van der Waals surface area (Å²) >= 11 is 0. The fraction of sp³-hybridized carbons (Fsp3) is 0.250. The van der Waals surface area contributed by atoms with Gasteiger partial charge < -0.3 is 9.72 Å². The van der Waals surface area contributed by atoms with Gasteiger partial charge in [-0.05, 0) is 19.4 Å². The van der Waals surface area contributed by atoms with Crippen LogP contribution in [0, 0.1) is 0 Å². The number of allylic oxidation sites excluding steroid dienone is 1. The van der Waals surface area contributed by atoms with Gasteiger partial charge in [-0.25, -0.2) is 4.79 Å². The van der Waals surface area contributed by atoms with Crippen LogP contribution in [-0.4, -0.2) is 22.8 Å². The summed E-state index contributed by atoms with van der Waals surface area (Å²) < 4.78 is 5.10. The summed E-state index contributed by atoms with van der Waals surface area (Å²) in [5.41, 5.74) is 1.43. The first-order chi connectivity index (χ1) is 9.63. The number of fused-ring (bicyclic) bond motifs is 1. The van der Waals surface area contributed by atoms with Gasteiger partial charge in [-0.1, -0.05) is 31.2 Å². The average Bonchev–Trinajstić information content (AvgIpc) is 2.88. The molecule has 0 saturated carbocycles. The normalized spacial score (nSPS) is 12.7. The van der Waals surface area contributed by atoms with Crippen molar-refractivity contribution < 1.29 is 14.3 Å². The number of hydrogen-bond donors (Lipinski definition) is 1. The molecule has 1 N–H and O–H groups in total. The van der Waals surface area contributed by atoms with Crippen LogP contribution in [0.4, 0.5) is 0 Å². The third-order valence-corrected chi connectivity index (χ3v) is 3.01. The second-order valence-corrected chi connectivity index (χ2v) is 4.50.